The minimum atomic E-state index is 0. The molecule has 4 aromatic carbocycles. The van der Waals surface area contributed by atoms with Crippen LogP contribution >= 0.6 is 0 Å². The van der Waals surface area contributed by atoms with Gasteiger partial charge in [-0.05, 0) is 13.8 Å². The van der Waals surface area contributed by atoms with Crippen LogP contribution in [0.15, 0.2) is 48.5 Å². The van der Waals surface area contributed by atoms with Crippen molar-refractivity contribution in [3.63, 3.8) is 0 Å². The number of aryl methyl sites for hydroxylation is 6. The molecule has 0 fully saturated rings. The van der Waals surface area contributed by atoms with Crippen LogP contribution in [0.4, 0.5) is 0 Å². The zero-order valence-corrected chi connectivity index (χ0v) is 20.8. The Hall–Kier alpha value is -0.877. The second kappa shape index (κ2) is 10.6. The third-order valence-corrected chi connectivity index (χ3v) is 4.93. The van der Waals surface area contributed by atoms with Crippen molar-refractivity contribution in [1.29, 1.82) is 0 Å². The average molecular weight is 477 g/mol. The summed E-state index contributed by atoms with van der Waals surface area (Å²) < 4.78 is 0. The number of rotatable bonds is 0. The summed E-state index contributed by atoms with van der Waals surface area (Å²) in [4.78, 5) is 0. The van der Waals surface area contributed by atoms with Crippen molar-refractivity contribution < 1.29 is 51.0 Å². The zero-order valence-electron chi connectivity index (χ0n) is 16.9. The maximum absolute atomic E-state index is 2.26. The molecule has 0 spiro atoms. The average Bonchev–Trinajstić information content (AvgIpc) is 3.12. The smallest absolute Gasteiger partial charge is 1.00 e. The Morgan fingerprint density at radius 1 is 0.519 bits per heavy atom. The van der Waals surface area contributed by atoms with E-state index >= 15 is 0 Å². The molecule has 0 saturated carbocycles. The van der Waals surface area contributed by atoms with Crippen molar-refractivity contribution in [2.45, 2.75) is 41.5 Å². The molecular formula is C24H26Cl2Zr. The molecule has 0 aliphatic heterocycles. The summed E-state index contributed by atoms with van der Waals surface area (Å²) in [5.41, 5.74) is 8.24. The van der Waals surface area contributed by atoms with E-state index in [1.807, 2.05) is 0 Å². The number of halogens is 2. The summed E-state index contributed by atoms with van der Waals surface area (Å²) in [6, 6.07) is 17.8. The van der Waals surface area contributed by atoms with E-state index < -0.39 is 0 Å². The predicted octanol–water partition coefficient (Wildman–Crippen LogP) is 0.973. The largest absolute Gasteiger partial charge is 4.00 e. The molecular weight excluding hydrogens is 450 g/mol. The van der Waals surface area contributed by atoms with Gasteiger partial charge in [0.05, 0.1) is 0 Å². The van der Waals surface area contributed by atoms with Gasteiger partial charge < -0.3 is 24.8 Å². The summed E-state index contributed by atoms with van der Waals surface area (Å²) in [5.74, 6) is 0. The monoisotopic (exact) mass is 474 g/mol. The van der Waals surface area contributed by atoms with Crippen molar-refractivity contribution in [3.05, 3.63) is 81.9 Å². The van der Waals surface area contributed by atoms with Gasteiger partial charge in [-0.2, -0.15) is 12.1 Å². The van der Waals surface area contributed by atoms with Crippen molar-refractivity contribution in [1.82, 2.24) is 0 Å². The van der Waals surface area contributed by atoms with E-state index in [0.717, 1.165) is 0 Å². The van der Waals surface area contributed by atoms with Gasteiger partial charge in [0.25, 0.3) is 0 Å². The summed E-state index contributed by atoms with van der Waals surface area (Å²) in [5, 5.41) is 5.64. The fraction of sp³-hybridized carbons (Fsp3) is 0.250. The van der Waals surface area contributed by atoms with Crippen LogP contribution in [0.3, 0.4) is 0 Å². The van der Waals surface area contributed by atoms with E-state index in [9.17, 15) is 0 Å². The molecule has 0 aliphatic carbocycles. The topological polar surface area (TPSA) is 0 Å². The van der Waals surface area contributed by atoms with Gasteiger partial charge in [0.2, 0.25) is 0 Å². The predicted molar refractivity (Wildman–Crippen MR) is 108 cm³/mol. The van der Waals surface area contributed by atoms with Crippen LogP contribution in [0.5, 0.6) is 0 Å². The molecule has 0 N–H and O–H groups in total. The molecule has 27 heavy (non-hydrogen) atoms. The van der Waals surface area contributed by atoms with Gasteiger partial charge in [0.1, 0.15) is 0 Å². The van der Waals surface area contributed by atoms with Crippen LogP contribution in [-0.4, -0.2) is 0 Å². The van der Waals surface area contributed by atoms with Crippen LogP contribution in [0, 0.1) is 41.5 Å². The molecule has 0 unspecified atom stereocenters. The third-order valence-electron chi connectivity index (χ3n) is 4.93. The summed E-state index contributed by atoms with van der Waals surface area (Å²) in [6.07, 6.45) is 0. The summed E-state index contributed by atoms with van der Waals surface area (Å²) in [7, 11) is 0. The van der Waals surface area contributed by atoms with E-state index in [-0.39, 0.29) is 51.0 Å². The fourth-order valence-corrected chi connectivity index (χ4v) is 3.47. The van der Waals surface area contributed by atoms with Gasteiger partial charge >= 0.3 is 26.2 Å². The Kier molecular flexibility index (Phi) is 10.3. The molecule has 0 saturated heterocycles. The molecule has 140 valence electrons. The fourth-order valence-electron chi connectivity index (χ4n) is 3.47. The summed E-state index contributed by atoms with van der Waals surface area (Å²) in [6.45, 7) is 13.0. The molecule has 4 rings (SSSR count). The molecule has 0 bridgehead atoms. The van der Waals surface area contributed by atoms with Crippen LogP contribution in [0.2, 0.25) is 0 Å². The summed E-state index contributed by atoms with van der Waals surface area (Å²) >= 11 is 0. The van der Waals surface area contributed by atoms with E-state index in [1.54, 1.807) is 0 Å². The number of fused-ring (bicyclic) bond motifs is 2. The van der Waals surface area contributed by atoms with E-state index in [1.165, 1.54) is 54.9 Å². The first kappa shape index (κ1) is 26.1. The normalized spacial score (nSPS) is 9.70. The van der Waals surface area contributed by atoms with E-state index in [4.69, 9.17) is 0 Å². The molecule has 0 atom stereocenters. The molecule has 0 radical (unpaired) electrons. The van der Waals surface area contributed by atoms with Crippen LogP contribution in [-0.2, 0) is 26.2 Å². The Balaban J connectivity index is 0.000000451. The molecule has 0 nitrogen and oxygen atoms in total. The second-order valence-electron chi connectivity index (χ2n) is 7.12. The second-order valence-corrected chi connectivity index (χ2v) is 7.12. The number of hydrogen-bond donors (Lipinski definition) is 0. The Morgan fingerprint density at radius 2 is 0.815 bits per heavy atom. The molecule has 3 heteroatoms. The first-order valence-corrected chi connectivity index (χ1v) is 8.63. The first-order valence-electron chi connectivity index (χ1n) is 8.63. The Bertz CT molecular complexity index is 860. The van der Waals surface area contributed by atoms with Crippen molar-refractivity contribution >= 4 is 21.5 Å². The number of benzene rings is 2. The minimum absolute atomic E-state index is 0. The minimum Gasteiger partial charge on any atom is -1.00 e. The van der Waals surface area contributed by atoms with Gasteiger partial charge in [0.15, 0.2) is 0 Å². The van der Waals surface area contributed by atoms with Gasteiger partial charge in [0, 0.05) is 0 Å². The maximum atomic E-state index is 2.26. The first-order chi connectivity index (χ1) is 11.4. The van der Waals surface area contributed by atoms with E-state index in [2.05, 4.69) is 90.1 Å². The Morgan fingerprint density at radius 3 is 1.11 bits per heavy atom. The third kappa shape index (κ3) is 5.57. The molecule has 0 amide bonds. The molecule has 0 aromatic heterocycles. The van der Waals surface area contributed by atoms with E-state index in [0.29, 0.717) is 0 Å². The quantitative estimate of drug-likeness (QED) is 0.332. The van der Waals surface area contributed by atoms with Crippen molar-refractivity contribution in [2.75, 3.05) is 0 Å². The number of hydrogen-bond acceptors (Lipinski definition) is 0. The van der Waals surface area contributed by atoms with Gasteiger partial charge in [-0.3, -0.25) is 0 Å². The van der Waals surface area contributed by atoms with Crippen molar-refractivity contribution in [3.8, 4) is 0 Å². The van der Waals surface area contributed by atoms with Crippen LogP contribution in [0.1, 0.15) is 33.4 Å². The van der Waals surface area contributed by atoms with Crippen molar-refractivity contribution in [2.24, 2.45) is 0 Å². The standard InChI is InChI=1S/2C12H13.2ClH.Zr/c2*1-8-6-11-9(2)4-5-10(3)12(11)7-8;;;/h2*4-7H,1-3H3;2*1H;/q2*-1;;;+4/p-2. The molecule has 0 heterocycles. The van der Waals surface area contributed by atoms with Gasteiger partial charge in [-0.25, -0.2) is 0 Å². The SMILES string of the molecule is Cc1cc2c(C)ccc(C)c2[cH-]1.Cc1cc2c(C)ccc(C)c2[cH-]1.[Cl-].[Cl-].[Zr+4]. The zero-order chi connectivity index (χ0) is 17.4. The van der Waals surface area contributed by atoms with Crippen LogP contribution < -0.4 is 24.8 Å². The van der Waals surface area contributed by atoms with Gasteiger partial charge in [-0.15, -0.1) is 68.1 Å². The Labute approximate surface area is 195 Å². The van der Waals surface area contributed by atoms with Crippen LogP contribution in [0.25, 0.3) is 21.5 Å². The molecule has 0 aliphatic rings. The van der Waals surface area contributed by atoms with Gasteiger partial charge in [-0.1, -0.05) is 51.0 Å². The molecule has 4 aromatic rings. The maximum Gasteiger partial charge on any atom is 4.00 e.